The molecule has 1 aromatic heterocycles. The molecule has 0 saturated carbocycles. The van der Waals surface area contributed by atoms with Crippen molar-refractivity contribution >= 4 is 11.6 Å². The van der Waals surface area contributed by atoms with E-state index in [1.807, 2.05) is 42.5 Å². The second-order valence-corrected chi connectivity index (χ2v) is 4.57. The van der Waals surface area contributed by atoms with Gasteiger partial charge in [0.2, 0.25) is 0 Å². The highest BCUT2D eigenvalue weighted by atomic mass is 35.5. The lowest BCUT2D eigenvalue weighted by molar-refractivity contribution is 0.853. The molecule has 3 rings (SSSR count). The standard InChI is InChI=1S/C15H11ClN2O/c16-12-8-4-5-9-14(12)18-15(19)10-13(17-18)11-6-2-1-3-7-11/h1-10,17H. The van der Waals surface area contributed by atoms with Crippen molar-refractivity contribution in [3.8, 4) is 16.9 Å². The van der Waals surface area contributed by atoms with Crippen LogP contribution in [0.3, 0.4) is 0 Å². The molecule has 2 aromatic carbocycles. The Balaban J connectivity index is 2.14. The number of aromatic nitrogens is 2. The molecule has 0 unspecified atom stereocenters. The number of hydrogen-bond acceptors (Lipinski definition) is 1. The number of nitrogens with zero attached hydrogens (tertiary/aromatic N) is 1. The number of aromatic amines is 1. The topological polar surface area (TPSA) is 37.8 Å². The minimum Gasteiger partial charge on any atom is -0.290 e. The summed E-state index contributed by atoms with van der Waals surface area (Å²) < 4.78 is 1.45. The van der Waals surface area contributed by atoms with Crippen LogP contribution in [0.2, 0.25) is 5.02 Å². The zero-order chi connectivity index (χ0) is 13.2. The predicted molar refractivity (Wildman–Crippen MR) is 76.8 cm³/mol. The summed E-state index contributed by atoms with van der Waals surface area (Å²) in [5.74, 6) is 0. The third-order valence-corrected chi connectivity index (χ3v) is 3.22. The van der Waals surface area contributed by atoms with Crippen molar-refractivity contribution in [1.29, 1.82) is 0 Å². The Morgan fingerprint density at radius 3 is 2.37 bits per heavy atom. The summed E-state index contributed by atoms with van der Waals surface area (Å²) in [7, 11) is 0. The predicted octanol–water partition coefficient (Wildman–Crippen LogP) is 3.49. The van der Waals surface area contributed by atoms with Gasteiger partial charge >= 0.3 is 0 Å². The van der Waals surface area contributed by atoms with E-state index >= 15 is 0 Å². The van der Waals surface area contributed by atoms with Gasteiger partial charge in [0.1, 0.15) is 0 Å². The zero-order valence-corrected chi connectivity index (χ0v) is 10.8. The van der Waals surface area contributed by atoms with Gasteiger partial charge in [-0.05, 0) is 17.7 Å². The number of benzene rings is 2. The molecule has 3 nitrogen and oxygen atoms in total. The monoisotopic (exact) mass is 270 g/mol. The fourth-order valence-electron chi connectivity index (χ4n) is 1.97. The molecule has 0 aliphatic carbocycles. The van der Waals surface area contributed by atoms with Crippen LogP contribution in [-0.2, 0) is 0 Å². The van der Waals surface area contributed by atoms with Gasteiger partial charge in [0.25, 0.3) is 5.56 Å². The van der Waals surface area contributed by atoms with Crippen molar-refractivity contribution in [2.24, 2.45) is 0 Å². The molecule has 94 valence electrons. The average molecular weight is 271 g/mol. The van der Waals surface area contributed by atoms with E-state index in [-0.39, 0.29) is 5.56 Å². The smallest absolute Gasteiger partial charge is 0.271 e. The van der Waals surface area contributed by atoms with Gasteiger partial charge in [-0.15, -0.1) is 0 Å². The molecular formula is C15H11ClN2O. The Morgan fingerprint density at radius 1 is 0.947 bits per heavy atom. The van der Waals surface area contributed by atoms with Gasteiger partial charge in [-0.2, -0.15) is 0 Å². The molecule has 0 atom stereocenters. The number of H-pyrrole nitrogens is 1. The quantitative estimate of drug-likeness (QED) is 0.760. The fraction of sp³-hybridized carbons (Fsp3) is 0. The van der Waals surface area contributed by atoms with Crippen LogP contribution in [0.15, 0.2) is 65.5 Å². The summed E-state index contributed by atoms with van der Waals surface area (Å²) in [5.41, 5.74) is 2.25. The lowest BCUT2D eigenvalue weighted by Crippen LogP contribution is -2.13. The van der Waals surface area contributed by atoms with Gasteiger partial charge in [-0.3, -0.25) is 9.89 Å². The molecular weight excluding hydrogens is 260 g/mol. The molecule has 4 heteroatoms. The van der Waals surface area contributed by atoms with Crippen LogP contribution in [0.25, 0.3) is 16.9 Å². The largest absolute Gasteiger partial charge is 0.290 e. The minimum absolute atomic E-state index is 0.132. The molecule has 0 aliphatic rings. The first-order chi connectivity index (χ1) is 9.25. The second kappa shape index (κ2) is 4.78. The Labute approximate surface area is 115 Å². The van der Waals surface area contributed by atoms with E-state index in [2.05, 4.69) is 5.10 Å². The summed E-state index contributed by atoms with van der Waals surface area (Å²) in [6.07, 6.45) is 0. The van der Waals surface area contributed by atoms with Crippen LogP contribution in [0, 0.1) is 0 Å². The van der Waals surface area contributed by atoms with Gasteiger partial charge in [-0.1, -0.05) is 54.1 Å². The van der Waals surface area contributed by atoms with Crippen LogP contribution in [0.5, 0.6) is 0 Å². The normalized spacial score (nSPS) is 10.6. The van der Waals surface area contributed by atoms with Gasteiger partial charge in [0.05, 0.1) is 16.4 Å². The number of hydrogen-bond donors (Lipinski definition) is 1. The first kappa shape index (κ1) is 11.8. The third kappa shape index (κ3) is 2.20. The average Bonchev–Trinajstić information content (AvgIpc) is 2.82. The van der Waals surface area contributed by atoms with Crippen LogP contribution in [0.4, 0.5) is 0 Å². The van der Waals surface area contributed by atoms with Gasteiger partial charge < -0.3 is 0 Å². The van der Waals surface area contributed by atoms with Crippen molar-refractivity contribution in [3.05, 3.63) is 76.0 Å². The summed E-state index contributed by atoms with van der Waals surface area (Å²) in [4.78, 5) is 12.0. The second-order valence-electron chi connectivity index (χ2n) is 4.16. The van der Waals surface area contributed by atoms with Crippen LogP contribution in [-0.4, -0.2) is 9.78 Å². The lowest BCUT2D eigenvalue weighted by atomic mass is 10.2. The Kier molecular flexibility index (Phi) is 2.97. The highest BCUT2D eigenvalue weighted by Gasteiger charge is 2.08. The van der Waals surface area contributed by atoms with Crippen molar-refractivity contribution in [2.45, 2.75) is 0 Å². The Bertz CT molecular complexity index is 759. The minimum atomic E-state index is -0.132. The summed E-state index contributed by atoms with van der Waals surface area (Å²) in [6, 6.07) is 18.5. The molecule has 1 heterocycles. The number of nitrogens with one attached hydrogen (secondary N) is 1. The van der Waals surface area contributed by atoms with E-state index in [9.17, 15) is 4.79 Å². The van der Waals surface area contributed by atoms with Crippen molar-refractivity contribution in [1.82, 2.24) is 9.78 Å². The maximum Gasteiger partial charge on any atom is 0.271 e. The molecule has 0 saturated heterocycles. The van der Waals surface area contributed by atoms with E-state index in [1.165, 1.54) is 4.68 Å². The van der Waals surface area contributed by atoms with Crippen LogP contribution in [0.1, 0.15) is 0 Å². The zero-order valence-electron chi connectivity index (χ0n) is 10.0. The first-order valence-corrected chi connectivity index (χ1v) is 6.26. The Hall–Kier alpha value is -2.26. The molecule has 3 aromatic rings. The molecule has 1 N–H and O–H groups in total. The Morgan fingerprint density at radius 2 is 1.63 bits per heavy atom. The van der Waals surface area contributed by atoms with E-state index in [0.29, 0.717) is 10.7 Å². The molecule has 0 fully saturated rings. The van der Waals surface area contributed by atoms with E-state index < -0.39 is 0 Å². The lowest BCUT2D eigenvalue weighted by Gasteiger charge is -2.04. The maximum atomic E-state index is 12.0. The molecule has 0 radical (unpaired) electrons. The maximum absolute atomic E-state index is 12.0. The molecule has 0 aliphatic heterocycles. The van der Waals surface area contributed by atoms with Crippen molar-refractivity contribution in [3.63, 3.8) is 0 Å². The third-order valence-electron chi connectivity index (χ3n) is 2.90. The van der Waals surface area contributed by atoms with Crippen molar-refractivity contribution in [2.75, 3.05) is 0 Å². The molecule has 0 amide bonds. The van der Waals surface area contributed by atoms with Crippen LogP contribution < -0.4 is 5.56 Å². The van der Waals surface area contributed by atoms with Gasteiger partial charge in [-0.25, -0.2) is 4.68 Å². The highest BCUT2D eigenvalue weighted by Crippen LogP contribution is 2.20. The van der Waals surface area contributed by atoms with Gasteiger partial charge in [0, 0.05) is 6.07 Å². The van der Waals surface area contributed by atoms with Gasteiger partial charge in [0.15, 0.2) is 0 Å². The van der Waals surface area contributed by atoms with E-state index in [1.54, 1.807) is 18.2 Å². The number of halogens is 1. The summed E-state index contributed by atoms with van der Waals surface area (Å²) >= 11 is 6.11. The number of para-hydroxylation sites is 1. The van der Waals surface area contributed by atoms with Crippen LogP contribution >= 0.6 is 11.6 Å². The van der Waals surface area contributed by atoms with E-state index in [0.717, 1.165) is 11.3 Å². The fourth-order valence-corrected chi connectivity index (χ4v) is 2.19. The molecule has 19 heavy (non-hydrogen) atoms. The van der Waals surface area contributed by atoms with E-state index in [4.69, 9.17) is 11.6 Å². The summed E-state index contributed by atoms with van der Waals surface area (Å²) in [5, 5.41) is 3.61. The molecule has 0 spiro atoms. The highest BCUT2D eigenvalue weighted by molar-refractivity contribution is 6.32. The first-order valence-electron chi connectivity index (χ1n) is 5.88. The van der Waals surface area contributed by atoms with Crippen molar-refractivity contribution < 1.29 is 0 Å². The SMILES string of the molecule is O=c1cc(-c2ccccc2)[nH]n1-c1ccccc1Cl. The summed E-state index contributed by atoms with van der Waals surface area (Å²) in [6.45, 7) is 0. The number of rotatable bonds is 2. The molecule has 0 bridgehead atoms.